The van der Waals surface area contributed by atoms with Crippen LogP contribution >= 0.6 is 0 Å². The smallest absolute Gasteiger partial charge is 0.408 e. The molecule has 0 saturated heterocycles. The molecule has 136 valence electrons. The van der Waals surface area contributed by atoms with E-state index in [1.807, 2.05) is 6.92 Å². The maximum absolute atomic E-state index is 12.1. The number of carbonyl (C=O) groups is 3. The molecule has 0 aliphatic heterocycles. The van der Waals surface area contributed by atoms with Gasteiger partial charge in [0.2, 0.25) is 0 Å². The molecule has 1 aromatic rings. The van der Waals surface area contributed by atoms with Crippen LogP contribution in [-0.2, 0) is 14.3 Å². The van der Waals surface area contributed by atoms with Gasteiger partial charge in [-0.1, -0.05) is 25.1 Å². The second-order valence-electron chi connectivity index (χ2n) is 6.47. The fourth-order valence-electron chi connectivity index (χ4n) is 2.15. The third kappa shape index (κ3) is 7.20. The first-order valence-electron chi connectivity index (χ1n) is 8.09. The molecule has 0 bridgehead atoms. The molecule has 6 nitrogen and oxygen atoms in total. The van der Waals surface area contributed by atoms with E-state index in [2.05, 4.69) is 5.32 Å². The first kappa shape index (κ1) is 20.4. The molecule has 0 aliphatic carbocycles. The van der Waals surface area contributed by atoms with E-state index in [0.29, 0.717) is 29.6 Å². The fourth-order valence-corrected chi connectivity index (χ4v) is 2.15. The molecule has 1 N–H and O–H groups in total. The summed E-state index contributed by atoms with van der Waals surface area (Å²) in [6.45, 7) is 8.50. The summed E-state index contributed by atoms with van der Waals surface area (Å²) in [4.78, 5) is 34.6. The normalized spacial score (nSPS) is 12.9. The van der Waals surface area contributed by atoms with E-state index in [0.717, 1.165) is 0 Å². The molecule has 0 heterocycles. The average Bonchev–Trinajstić information content (AvgIpc) is 2.49. The zero-order valence-corrected chi connectivity index (χ0v) is 15.3. The summed E-state index contributed by atoms with van der Waals surface area (Å²) < 4.78 is 10.3. The lowest BCUT2D eigenvalue weighted by Gasteiger charge is -2.24. The minimum atomic E-state index is -0.654. The summed E-state index contributed by atoms with van der Waals surface area (Å²) in [5.41, 5.74) is 0.450. The topological polar surface area (TPSA) is 81.7 Å². The zero-order chi connectivity index (χ0) is 19.0. The number of nitrogens with one attached hydrogen (secondary N) is 1. The van der Waals surface area contributed by atoms with Gasteiger partial charge in [-0.25, -0.2) is 4.79 Å². The second-order valence-corrected chi connectivity index (χ2v) is 6.47. The number of hydrogen-bond acceptors (Lipinski definition) is 5. The SMILES string of the molecule is CC/C=C(/C=O)[C@H](NC(=O)OC(C)(C)C)c1ccc(OC(C)=O)cc1. The maximum atomic E-state index is 12.1. The predicted molar refractivity (Wildman–Crippen MR) is 94.3 cm³/mol. The van der Waals surface area contributed by atoms with Crippen LogP contribution < -0.4 is 10.1 Å². The Bertz CT molecular complexity index is 641. The molecule has 0 radical (unpaired) electrons. The number of benzene rings is 1. The van der Waals surface area contributed by atoms with Gasteiger partial charge in [-0.05, 0) is 44.9 Å². The molecule has 1 atom stereocenters. The second kappa shape index (κ2) is 9.01. The van der Waals surface area contributed by atoms with Crippen molar-refractivity contribution in [2.45, 2.75) is 52.7 Å². The Morgan fingerprint density at radius 3 is 2.24 bits per heavy atom. The number of rotatable bonds is 6. The van der Waals surface area contributed by atoms with Crippen molar-refractivity contribution in [3.8, 4) is 5.75 Å². The maximum Gasteiger partial charge on any atom is 0.408 e. The highest BCUT2D eigenvalue weighted by Crippen LogP contribution is 2.24. The van der Waals surface area contributed by atoms with Crippen molar-refractivity contribution in [1.29, 1.82) is 0 Å². The number of alkyl carbamates (subject to hydrolysis) is 1. The third-order valence-electron chi connectivity index (χ3n) is 3.05. The Morgan fingerprint density at radius 1 is 1.20 bits per heavy atom. The largest absolute Gasteiger partial charge is 0.444 e. The molecule has 25 heavy (non-hydrogen) atoms. The van der Waals surface area contributed by atoms with Crippen molar-refractivity contribution in [3.63, 3.8) is 0 Å². The molecule has 0 unspecified atom stereocenters. The van der Waals surface area contributed by atoms with Crippen LogP contribution in [0.25, 0.3) is 0 Å². The Balaban J connectivity index is 3.09. The molecule has 0 aliphatic rings. The monoisotopic (exact) mass is 347 g/mol. The summed E-state index contributed by atoms with van der Waals surface area (Å²) in [6.07, 6.45) is 2.48. The van der Waals surface area contributed by atoms with Gasteiger partial charge in [-0.15, -0.1) is 0 Å². The van der Waals surface area contributed by atoms with Crippen molar-refractivity contribution in [3.05, 3.63) is 41.5 Å². The van der Waals surface area contributed by atoms with Crippen LogP contribution in [0.1, 0.15) is 52.6 Å². The van der Waals surface area contributed by atoms with Crippen molar-refractivity contribution in [1.82, 2.24) is 5.32 Å². The fraction of sp³-hybridized carbons (Fsp3) is 0.421. The van der Waals surface area contributed by atoms with Crippen LogP contribution in [0.2, 0.25) is 0 Å². The van der Waals surface area contributed by atoms with Gasteiger partial charge in [0.05, 0.1) is 6.04 Å². The molecular weight excluding hydrogens is 322 g/mol. The van der Waals surface area contributed by atoms with Crippen molar-refractivity contribution in [2.75, 3.05) is 0 Å². The Morgan fingerprint density at radius 2 is 1.80 bits per heavy atom. The van der Waals surface area contributed by atoms with Gasteiger partial charge < -0.3 is 14.8 Å². The van der Waals surface area contributed by atoms with E-state index in [4.69, 9.17) is 9.47 Å². The first-order chi connectivity index (χ1) is 11.7. The summed E-state index contributed by atoms with van der Waals surface area (Å²) in [5.74, 6) is -0.0324. The summed E-state index contributed by atoms with van der Waals surface area (Å²) >= 11 is 0. The van der Waals surface area contributed by atoms with Gasteiger partial charge in [-0.2, -0.15) is 0 Å². The van der Waals surface area contributed by atoms with E-state index in [9.17, 15) is 14.4 Å². The summed E-state index contributed by atoms with van der Waals surface area (Å²) in [5, 5.41) is 2.72. The minimum Gasteiger partial charge on any atom is -0.444 e. The van der Waals surface area contributed by atoms with Crippen LogP contribution in [0, 0.1) is 0 Å². The highest BCUT2D eigenvalue weighted by atomic mass is 16.6. The summed E-state index contributed by atoms with van der Waals surface area (Å²) in [6, 6.07) is 5.93. The highest BCUT2D eigenvalue weighted by molar-refractivity contribution is 5.79. The molecular formula is C19H25NO5. The molecule has 0 saturated carbocycles. The lowest BCUT2D eigenvalue weighted by atomic mass is 9.98. The van der Waals surface area contributed by atoms with Gasteiger partial charge in [0.25, 0.3) is 0 Å². The highest BCUT2D eigenvalue weighted by Gasteiger charge is 2.23. The van der Waals surface area contributed by atoms with Gasteiger partial charge in [-0.3, -0.25) is 9.59 Å². The number of ether oxygens (including phenoxy) is 2. The van der Waals surface area contributed by atoms with Crippen molar-refractivity contribution >= 4 is 18.3 Å². The first-order valence-corrected chi connectivity index (χ1v) is 8.09. The third-order valence-corrected chi connectivity index (χ3v) is 3.05. The molecule has 0 fully saturated rings. The molecule has 6 heteroatoms. The van der Waals surface area contributed by atoms with Gasteiger partial charge >= 0.3 is 12.1 Å². The molecule has 1 aromatic carbocycles. The van der Waals surface area contributed by atoms with Crippen LogP contribution in [0.4, 0.5) is 4.79 Å². The lowest BCUT2D eigenvalue weighted by Crippen LogP contribution is -2.36. The number of aldehydes is 1. The van der Waals surface area contributed by atoms with E-state index >= 15 is 0 Å². The Kier molecular flexibility index (Phi) is 7.36. The zero-order valence-electron chi connectivity index (χ0n) is 15.3. The van der Waals surface area contributed by atoms with E-state index < -0.39 is 23.7 Å². The Hall–Kier alpha value is -2.63. The number of carbonyl (C=O) groups excluding carboxylic acids is 3. The predicted octanol–water partition coefficient (Wildman–Crippen LogP) is 3.71. The summed E-state index contributed by atoms with van der Waals surface area (Å²) in [7, 11) is 0. The number of hydrogen-bond donors (Lipinski definition) is 1. The van der Waals surface area contributed by atoms with Crippen LogP contribution in [0.5, 0.6) is 5.75 Å². The van der Waals surface area contributed by atoms with Crippen LogP contribution in [-0.4, -0.2) is 23.9 Å². The van der Waals surface area contributed by atoms with Gasteiger partial charge in [0.1, 0.15) is 17.6 Å². The molecule has 1 amide bonds. The van der Waals surface area contributed by atoms with Gasteiger partial charge in [0.15, 0.2) is 0 Å². The van der Waals surface area contributed by atoms with E-state index in [1.54, 1.807) is 51.1 Å². The van der Waals surface area contributed by atoms with Gasteiger partial charge in [0, 0.05) is 12.5 Å². The van der Waals surface area contributed by atoms with Crippen molar-refractivity contribution in [2.24, 2.45) is 0 Å². The molecule has 1 rings (SSSR count). The van der Waals surface area contributed by atoms with Crippen LogP contribution in [0.15, 0.2) is 35.9 Å². The average molecular weight is 347 g/mol. The lowest BCUT2D eigenvalue weighted by molar-refractivity contribution is -0.131. The number of allylic oxidation sites excluding steroid dienone is 1. The van der Waals surface area contributed by atoms with Crippen LogP contribution in [0.3, 0.4) is 0 Å². The number of esters is 1. The van der Waals surface area contributed by atoms with Crippen molar-refractivity contribution < 1.29 is 23.9 Å². The quantitative estimate of drug-likeness (QED) is 0.367. The van der Waals surface area contributed by atoms with E-state index in [1.165, 1.54) is 6.92 Å². The minimum absolute atomic E-state index is 0.388. The Labute approximate surface area is 148 Å². The standard InChI is InChI=1S/C19H25NO5/c1-6-7-15(12-21)17(20-18(23)25-19(3,4)5)14-8-10-16(11-9-14)24-13(2)22/h7-12,17H,6H2,1-5H3,(H,20,23)/b15-7-/t17-/m1/s1. The number of amides is 1. The molecule has 0 spiro atoms. The molecule has 0 aromatic heterocycles. The van der Waals surface area contributed by atoms with E-state index in [-0.39, 0.29) is 0 Å².